The van der Waals surface area contributed by atoms with Crippen molar-refractivity contribution in [3.8, 4) is 5.75 Å². The first-order valence-electron chi connectivity index (χ1n) is 4.59. The molecule has 0 bridgehead atoms. The summed E-state index contributed by atoms with van der Waals surface area (Å²) in [5, 5.41) is 10.3. The highest BCUT2D eigenvalue weighted by Crippen LogP contribution is 2.27. The van der Waals surface area contributed by atoms with Gasteiger partial charge in [-0.1, -0.05) is 0 Å². The molecule has 0 radical (unpaired) electrons. The number of fused-ring (bicyclic) bond motifs is 1. The van der Waals surface area contributed by atoms with E-state index in [-0.39, 0.29) is 5.75 Å². The zero-order valence-corrected chi connectivity index (χ0v) is 8.61. The van der Waals surface area contributed by atoms with E-state index in [1.54, 1.807) is 6.07 Å². The fraction of sp³-hybridized carbons (Fsp3) is 0.182. The average molecular weight is 204 g/mol. The lowest BCUT2D eigenvalue weighted by molar-refractivity contribution is 0.100. The van der Waals surface area contributed by atoms with Crippen LogP contribution in [0.25, 0.3) is 10.9 Å². The fourth-order valence-electron chi connectivity index (χ4n) is 1.91. The summed E-state index contributed by atoms with van der Waals surface area (Å²) in [5.74, 6) is -0.470. The molecule has 0 aliphatic rings. The van der Waals surface area contributed by atoms with Crippen LogP contribution in [0.2, 0.25) is 0 Å². The van der Waals surface area contributed by atoms with Gasteiger partial charge in [-0.2, -0.15) is 0 Å². The van der Waals surface area contributed by atoms with Crippen LogP contribution in [0.5, 0.6) is 5.75 Å². The molecule has 78 valence electrons. The Labute approximate surface area is 86.9 Å². The monoisotopic (exact) mass is 204 g/mol. The molecule has 2 rings (SSSR count). The Balaban J connectivity index is 2.96. The molecule has 4 nitrogen and oxygen atoms in total. The highest BCUT2D eigenvalue weighted by Gasteiger charge is 2.13. The summed E-state index contributed by atoms with van der Waals surface area (Å²) < 4.78 is 1.84. The van der Waals surface area contributed by atoms with Crippen LogP contribution < -0.4 is 5.73 Å². The number of aromatic nitrogens is 1. The van der Waals surface area contributed by atoms with Crippen LogP contribution in [-0.4, -0.2) is 15.6 Å². The normalized spacial score (nSPS) is 10.8. The number of nitrogens with zero attached hydrogens (tertiary/aromatic N) is 1. The molecule has 15 heavy (non-hydrogen) atoms. The Bertz CT molecular complexity index is 555. The Morgan fingerprint density at radius 3 is 2.73 bits per heavy atom. The zero-order chi connectivity index (χ0) is 11.2. The zero-order valence-electron chi connectivity index (χ0n) is 8.61. The largest absolute Gasteiger partial charge is 0.508 e. The van der Waals surface area contributed by atoms with Crippen LogP contribution in [0.1, 0.15) is 15.9 Å². The smallest absolute Gasteiger partial charge is 0.250 e. The Morgan fingerprint density at radius 1 is 1.47 bits per heavy atom. The van der Waals surface area contributed by atoms with Gasteiger partial charge in [-0.3, -0.25) is 4.79 Å². The Kier molecular flexibility index (Phi) is 1.93. The number of phenolic OH excluding ortho intramolecular Hbond substituents is 1. The van der Waals surface area contributed by atoms with Gasteiger partial charge in [0.15, 0.2) is 0 Å². The average Bonchev–Trinajstić information content (AvgIpc) is 2.41. The second kappa shape index (κ2) is 3.02. The molecule has 0 unspecified atom stereocenters. The molecule has 1 amide bonds. The van der Waals surface area contributed by atoms with Gasteiger partial charge in [0.25, 0.3) is 5.91 Å². The lowest BCUT2D eigenvalue weighted by Gasteiger charge is -2.03. The van der Waals surface area contributed by atoms with Crippen LogP contribution in [-0.2, 0) is 7.05 Å². The quantitative estimate of drug-likeness (QED) is 0.735. The number of hydrogen-bond acceptors (Lipinski definition) is 2. The summed E-state index contributed by atoms with van der Waals surface area (Å²) in [6.45, 7) is 1.92. The first-order chi connectivity index (χ1) is 7.00. The SMILES string of the molecule is Cc1cn(C)c2c(C(N)=O)cc(O)cc12. The number of carbonyl (C=O) groups is 1. The van der Waals surface area contributed by atoms with Gasteiger partial charge in [0.05, 0.1) is 11.1 Å². The predicted molar refractivity (Wildman–Crippen MR) is 57.8 cm³/mol. The van der Waals surface area contributed by atoms with Gasteiger partial charge in [-0.15, -0.1) is 0 Å². The lowest BCUT2D eigenvalue weighted by atomic mass is 10.1. The van der Waals surface area contributed by atoms with Crippen molar-refractivity contribution in [2.45, 2.75) is 6.92 Å². The van der Waals surface area contributed by atoms with Gasteiger partial charge in [0.1, 0.15) is 5.75 Å². The molecule has 0 aliphatic carbocycles. The van der Waals surface area contributed by atoms with E-state index in [0.717, 1.165) is 16.5 Å². The lowest BCUT2D eigenvalue weighted by Crippen LogP contribution is -2.12. The molecule has 1 heterocycles. The Hall–Kier alpha value is -1.97. The van der Waals surface area contributed by atoms with Crippen molar-refractivity contribution in [2.75, 3.05) is 0 Å². The fourth-order valence-corrected chi connectivity index (χ4v) is 1.91. The number of primary amides is 1. The summed E-state index contributed by atoms with van der Waals surface area (Å²) in [7, 11) is 1.85. The van der Waals surface area contributed by atoms with E-state index in [9.17, 15) is 9.90 Å². The molecular formula is C11H12N2O2. The number of benzene rings is 1. The van der Waals surface area contributed by atoms with Crippen molar-refractivity contribution in [3.05, 3.63) is 29.5 Å². The van der Waals surface area contributed by atoms with Crippen LogP contribution in [0, 0.1) is 6.92 Å². The molecular weight excluding hydrogens is 192 g/mol. The van der Waals surface area contributed by atoms with Gasteiger partial charge in [0, 0.05) is 18.6 Å². The standard InChI is InChI=1S/C11H12N2O2/c1-6-5-13(2)10-8(6)3-7(14)4-9(10)11(12)15/h3-5,14H,1-2H3,(H2,12,15). The number of phenols is 1. The maximum atomic E-state index is 11.2. The van der Waals surface area contributed by atoms with Gasteiger partial charge in [-0.25, -0.2) is 0 Å². The third-order valence-corrected chi connectivity index (χ3v) is 2.52. The number of aryl methyl sites for hydroxylation is 2. The molecule has 2 aromatic rings. The second-order valence-electron chi connectivity index (χ2n) is 3.68. The second-order valence-corrected chi connectivity index (χ2v) is 3.68. The van der Waals surface area contributed by atoms with Crippen molar-refractivity contribution in [1.82, 2.24) is 4.57 Å². The minimum atomic E-state index is -0.530. The van der Waals surface area contributed by atoms with Gasteiger partial charge in [0.2, 0.25) is 0 Å². The molecule has 0 aliphatic heterocycles. The summed E-state index contributed by atoms with van der Waals surface area (Å²) >= 11 is 0. The van der Waals surface area contributed by atoms with E-state index in [2.05, 4.69) is 0 Å². The topological polar surface area (TPSA) is 68.2 Å². The first kappa shape index (κ1) is 9.58. The minimum absolute atomic E-state index is 0.0607. The number of amides is 1. The van der Waals surface area contributed by atoms with Crippen LogP contribution in [0.3, 0.4) is 0 Å². The molecule has 4 heteroatoms. The summed E-state index contributed by atoms with van der Waals surface area (Å²) in [5.41, 5.74) is 7.38. The Morgan fingerprint density at radius 2 is 2.13 bits per heavy atom. The molecule has 0 saturated heterocycles. The maximum Gasteiger partial charge on any atom is 0.250 e. The van der Waals surface area contributed by atoms with E-state index in [1.807, 2.05) is 24.7 Å². The van der Waals surface area contributed by atoms with Crippen molar-refractivity contribution >= 4 is 16.8 Å². The van der Waals surface area contributed by atoms with E-state index in [0.29, 0.717) is 5.56 Å². The van der Waals surface area contributed by atoms with E-state index in [4.69, 9.17) is 5.73 Å². The van der Waals surface area contributed by atoms with E-state index in [1.165, 1.54) is 6.07 Å². The number of rotatable bonds is 1. The van der Waals surface area contributed by atoms with Crippen LogP contribution in [0.4, 0.5) is 0 Å². The number of aromatic hydroxyl groups is 1. The van der Waals surface area contributed by atoms with Crippen molar-refractivity contribution in [2.24, 2.45) is 12.8 Å². The van der Waals surface area contributed by atoms with E-state index < -0.39 is 5.91 Å². The van der Waals surface area contributed by atoms with Crippen LogP contribution in [0.15, 0.2) is 18.3 Å². The molecule has 0 fully saturated rings. The number of nitrogens with two attached hydrogens (primary N) is 1. The number of carbonyl (C=O) groups excluding carboxylic acids is 1. The maximum absolute atomic E-state index is 11.2. The van der Waals surface area contributed by atoms with Crippen molar-refractivity contribution in [3.63, 3.8) is 0 Å². The van der Waals surface area contributed by atoms with E-state index >= 15 is 0 Å². The summed E-state index contributed by atoms with van der Waals surface area (Å²) in [6.07, 6.45) is 1.90. The molecule has 0 saturated carbocycles. The van der Waals surface area contributed by atoms with Crippen molar-refractivity contribution in [1.29, 1.82) is 0 Å². The van der Waals surface area contributed by atoms with Crippen molar-refractivity contribution < 1.29 is 9.90 Å². The highest BCUT2D eigenvalue weighted by molar-refractivity contribution is 6.06. The highest BCUT2D eigenvalue weighted by atomic mass is 16.3. The van der Waals surface area contributed by atoms with Crippen LogP contribution >= 0.6 is 0 Å². The first-order valence-corrected chi connectivity index (χ1v) is 4.59. The summed E-state index contributed by atoms with van der Waals surface area (Å²) in [6, 6.07) is 3.03. The third kappa shape index (κ3) is 1.34. The molecule has 3 N–H and O–H groups in total. The molecule has 1 aromatic carbocycles. The molecule has 0 atom stereocenters. The van der Waals surface area contributed by atoms with Gasteiger partial charge < -0.3 is 15.4 Å². The molecule has 1 aromatic heterocycles. The third-order valence-electron chi connectivity index (χ3n) is 2.52. The summed E-state index contributed by atoms with van der Waals surface area (Å²) in [4.78, 5) is 11.2. The number of hydrogen-bond donors (Lipinski definition) is 2. The predicted octanol–water partition coefficient (Wildman–Crippen LogP) is 1.29. The van der Waals surface area contributed by atoms with Gasteiger partial charge in [-0.05, 0) is 24.6 Å². The molecule has 0 spiro atoms. The minimum Gasteiger partial charge on any atom is -0.508 e. The van der Waals surface area contributed by atoms with Gasteiger partial charge >= 0.3 is 0 Å².